The number of halogens is 2. The summed E-state index contributed by atoms with van der Waals surface area (Å²) in [6, 6.07) is 5.58. The van der Waals surface area contributed by atoms with Gasteiger partial charge in [0.2, 0.25) is 0 Å². The molecule has 0 bridgehead atoms. The summed E-state index contributed by atoms with van der Waals surface area (Å²) in [5.41, 5.74) is 6.30. The Hall–Kier alpha value is -0.850. The van der Waals surface area contributed by atoms with Gasteiger partial charge in [0.1, 0.15) is 5.58 Å². The Morgan fingerprint density at radius 1 is 1.42 bits per heavy atom. The Labute approximate surface area is 128 Å². The summed E-state index contributed by atoms with van der Waals surface area (Å²) in [6.45, 7) is 2.44. The van der Waals surface area contributed by atoms with Gasteiger partial charge >= 0.3 is 0 Å². The third-order valence-electron chi connectivity index (χ3n) is 2.64. The van der Waals surface area contributed by atoms with Crippen LogP contribution in [-0.4, -0.2) is 18.5 Å². The van der Waals surface area contributed by atoms with E-state index in [-0.39, 0.29) is 11.9 Å². The van der Waals surface area contributed by atoms with Crippen molar-refractivity contribution in [3.05, 3.63) is 32.9 Å². The third-order valence-corrected chi connectivity index (χ3v) is 3.69. The van der Waals surface area contributed by atoms with Crippen molar-refractivity contribution >= 4 is 48.7 Å². The standard InChI is InChI=1S/C13H14Br2N2O2/c1-7(16)2-3-17-13(18)11-5-8-4-9(14)6-10(15)12(8)19-11/h4-7H,2-3,16H2,1H3,(H,17,18). The first kappa shape index (κ1) is 14.6. The lowest BCUT2D eigenvalue weighted by molar-refractivity contribution is 0.0927. The molecule has 0 aliphatic carbocycles. The molecule has 1 unspecified atom stereocenters. The van der Waals surface area contributed by atoms with Crippen molar-refractivity contribution < 1.29 is 9.21 Å². The van der Waals surface area contributed by atoms with Crippen LogP contribution in [0, 0.1) is 0 Å². The fourth-order valence-electron chi connectivity index (χ4n) is 1.69. The fraction of sp³-hybridized carbons (Fsp3) is 0.308. The molecule has 2 rings (SSSR count). The normalized spacial score (nSPS) is 12.6. The molecule has 19 heavy (non-hydrogen) atoms. The molecule has 0 radical (unpaired) electrons. The topological polar surface area (TPSA) is 68.3 Å². The molecule has 102 valence electrons. The quantitative estimate of drug-likeness (QED) is 0.841. The number of amides is 1. The van der Waals surface area contributed by atoms with Crippen LogP contribution in [0.4, 0.5) is 0 Å². The Morgan fingerprint density at radius 2 is 2.16 bits per heavy atom. The van der Waals surface area contributed by atoms with E-state index in [1.165, 1.54) is 0 Å². The highest BCUT2D eigenvalue weighted by Gasteiger charge is 2.14. The van der Waals surface area contributed by atoms with Gasteiger partial charge in [0.05, 0.1) is 4.47 Å². The fourth-order valence-corrected chi connectivity index (χ4v) is 3.03. The van der Waals surface area contributed by atoms with E-state index in [0.29, 0.717) is 17.9 Å². The van der Waals surface area contributed by atoms with Crippen LogP contribution < -0.4 is 11.1 Å². The molecule has 0 spiro atoms. The maximum absolute atomic E-state index is 11.9. The Kier molecular flexibility index (Phi) is 4.65. The van der Waals surface area contributed by atoms with Gasteiger partial charge in [-0.25, -0.2) is 0 Å². The van der Waals surface area contributed by atoms with Gasteiger partial charge in [-0.2, -0.15) is 0 Å². The zero-order valence-corrected chi connectivity index (χ0v) is 13.5. The average molecular weight is 390 g/mol. The first-order chi connectivity index (χ1) is 8.97. The second-order valence-electron chi connectivity index (χ2n) is 4.44. The highest BCUT2D eigenvalue weighted by molar-refractivity contribution is 9.11. The predicted molar refractivity (Wildman–Crippen MR) is 82.2 cm³/mol. The van der Waals surface area contributed by atoms with Gasteiger partial charge in [0, 0.05) is 22.4 Å². The zero-order valence-electron chi connectivity index (χ0n) is 10.4. The predicted octanol–water partition coefficient (Wildman–Crippen LogP) is 3.42. The Balaban J connectivity index is 2.17. The van der Waals surface area contributed by atoms with E-state index in [9.17, 15) is 4.79 Å². The molecule has 1 heterocycles. The van der Waals surface area contributed by atoms with E-state index in [1.807, 2.05) is 19.1 Å². The number of fused-ring (bicyclic) bond motifs is 1. The lowest BCUT2D eigenvalue weighted by Gasteiger charge is -2.05. The molecule has 0 aliphatic heterocycles. The molecule has 1 aromatic carbocycles. The smallest absolute Gasteiger partial charge is 0.287 e. The van der Waals surface area contributed by atoms with Crippen LogP contribution in [0.15, 0.2) is 31.6 Å². The van der Waals surface area contributed by atoms with E-state index >= 15 is 0 Å². The minimum atomic E-state index is -0.222. The molecular formula is C13H14Br2N2O2. The minimum Gasteiger partial charge on any atom is -0.450 e. The van der Waals surface area contributed by atoms with Crippen molar-refractivity contribution in [3.63, 3.8) is 0 Å². The van der Waals surface area contributed by atoms with Crippen LogP contribution >= 0.6 is 31.9 Å². The van der Waals surface area contributed by atoms with Crippen molar-refractivity contribution in [1.29, 1.82) is 0 Å². The molecule has 6 heteroatoms. The SMILES string of the molecule is CC(N)CCNC(=O)c1cc2cc(Br)cc(Br)c2o1. The first-order valence-corrected chi connectivity index (χ1v) is 7.48. The lowest BCUT2D eigenvalue weighted by Crippen LogP contribution is -2.28. The van der Waals surface area contributed by atoms with Crippen LogP contribution in [0.3, 0.4) is 0 Å². The van der Waals surface area contributed by atoms with E-state index in [2.05, 4.69) is 37.2 Å². The number of nitrogens with one attached hydrogen (secondary N) is 1. The number of carbonyl (C=O) groups is 1. The summed E-state index contributed by atoms with van der Waals surface area (Å²) in [5, 5.41) is 3.66. The van der Waals surface area contributed by atoms with Crippen molar-refractivity contribution in [3.8, 4) is 0 Å². The lowest BCUT2D eigenvalue weighted by atomic mass is 10.2. The van der Waals surface area contributed by atoms with Gasteiger partial charge in [-0.15, -0.1) is 0 Å². The summed E-state index contributed by atoms with van der Waals surface area (Å²) in [7, 11) is 0. The maximum atomic E-state index is 11.9. The second kappa shape index (κ2) is 6.07. The van der Waals surface area contributed by atoms with Crippen LogP contribution in [0.5, 0.6) is 0 Å². The van der Waals surface area contributed by atoms with Crippen LogP contribution in [0.2, 0.25) is 0 Å². The molecule has 1 aromatic heterocycles. The summed E-state index contributed by atoms with van der Waals surface area (Å²) in [5.74, 6) is 0.0818. The van der Waals surface area contributed by atoms with E-state index in [0.717, 1.165) is 20.8 Å². The average Bonchev–Trinajstić information content (AvgIpc) is 2.72. The number of hydrogen-bond donors (Lipinski definition) is 2. The van der Waals surface area contributed by atoms with E-state index in [4.69, 9.17) is 10.2 Å². The van der Waals surface area contributed by atoms with Gasteiger partial charge in [-0.3, -0.25) is 4.79 Å². The molecule has 0 saturated carbocycles. The number of rotatable bonds is 4. The number of hydrogen-bond acceptors (Lipinski definition) is 3. The Bertz CT molecular complexity index is 608. The van der Waals surface area contributed by atoms with Gasteiger partial charge in [-0.1, -0.05) is 15.9 Å². The van der Waals surface area contributed by atoms with Crippen molar-refractivity contribution in [2.24, 2.45) is 5.73 Å². The van der Waals surface area contributed by atoms with Crippen molar-refractivity contribution in [2.75, 3.05) is 6.54 Å². The number of benzene rings is 1. The monoisotopic (exact) mass is 388 g/mol. The largest absolute Gasteiger partial charge is 0.450 e. The molecule has 0 aliphatic rings. The van der Waals surface area contributed by atoms with Crippen LogP contribution in [0.1, 0.15) is 23.9 Å². The molecule has 1 amide bonds. The molecular weight excluding hydrogens is 376 g/mol. The van der Waals surface area contributed by atoms with Gasteiger partial charge < -0.3 is 15.5 Å². The maximum Gasteiger partial charge on any atom is 0.287 e. The number of nitrogens with two attached hydrogens (primary N) is 1. The zero-order chi connectivity index (χ0) is 14.0. The molecule has 3 N–H and O–H groups in total. The van der Waals surface area contributed by atoms with Crippen molar-refractivity contribution in [1.82, 2.24) is 5.32 Å². The molecule has 1 atom stereocenters. The van der Waals surface area contributed by atoms with Gasteiger partial charge in [0.15, 0.2) is 5.76 Å². The second-order valence-corrected chi connectivity index (χ2v) is 6.21. The van der Waals surface area contributed by atoms with E-state index < -0.39 is 0 Å². The van der Waals surface area contributed by atoms with Crippen LogP contribution in [-0.2, 0) is 0 Å². The molecule has 2 aromatic rings. The highest BCUT2D eigenvalue weighted by atomic mass is 79.9. The molecule has 0 fully saturated rings. The number of furan rings is 1. The highest BCUT2D eigenvalue weighted by Crippen LogP contribution is 2.30. The third kappa shape index (κ3) is 3.58. The number of carbonyl (C=O) groups excluding carboxylic acids is 1. The van der Waals surface area contributed by atoms with Gasteiger partial charge in [0.25, 0.3) is 5.91 Å². The molecule has 0 saturated heterocycles. The summed E-state index contributed by atoms with van der Waals surface area (Å²) in [6.07, 6.45) is 0.737. The summed E-state index contributed by atoms with van der Waals surface area (Å²) < 4.78 is 7.30. The van der Waals surface area contributed by atoms with E-state index in [1.54, 1.807) is 6.07 Å². The summed E-state index contributed by atoms with van der Waals surface area (Å²) in [4.78, 5) is 11.9. The summed E-state index contributed by atoms with van der Waals surface area (Å²) >= 11 is 6.81. The van der Waals surface area contributed by atoms with Crippen LogP contribution in [0.25, 0.3) is 11.0 Å². The van der Waals surface area contributed by atoms with Gasteiger partial charge in [-0.05, 0) is 47.5 Å². The Morgan fingerprint density at radius 3 is 2.84 bits per heavy atom. The molecule has 4 nitrogen and oxygen atoms in total. The first-order valence-electron chi connectivity index (χ1n) is 5.89. The minimum absolute atomic E-state index is 0.0704. The van der Waals surface area contributed by atoms with Crippen molar-refractivity contribution in [2.45, 2.75) is 19.4 Å².